The predicted octanol–water partition coefficient (Wildman–Crippen LogP) is 3.46. The zero-order chi connectivity index (χ0) is 17.7. The summed E-state index contributed by atoms with van der Waals surface area (Å²) in [6, 6.07) is 0.0172. The lowest BCUT2D eigenvalue weighted by Gasteiger charge is -2.60. The average molecular weight is 413 g/mol. The van der Waals surface area contributed by atoms with Gasteiger partial charge in [0.25, 0.3) is 0 Å². The lowest BCUT2D eigenvalue weighted by atomic mass is 9.49. The number of hydrogen-bond donors (Lipinski definition) is 1. The van der Waals surface area contributed by atoms with E-state index in [4.69, 9.17) is 4.74 Å². The molecule has 0 spiro atoms. The molecular formula is C19H29BrN2O3. The van der Waals surface area contributed by atoms with Crippen LogP contribution in [0.2, 0.25) is 0 Å². The number of alkyl halides is 1. The number of piperidine rings is 1. The van der Waals surface area contributed by atoms with Crippen molar-refractivity contribution in [2.24, 2.45) is 17.3 Å². The summed E-state index contributed by atoms with van der Waals surface area (Å²) in [5.74, 6) is 1.77. The van der Waals surface area contributed by atoms with Crippen molar-refractivity contribution >= 4 is 27.9 Å². The number of rotatable bonds is 3. The molecule has 0 aromatic carbocycles. The Balaban J connectivity index is 1.44. The topological polar surface area (TPSA) is 58.6 Å². The molecular weight excluding hydrogens is 384 g/mol. The molecule has 1 N–H and O–H groups in total. The lowest BCUT2D eigenvalue weighted by Crippen LogP contribution is -2.61. The van der Waals surface area contributed by atoms with Crippen LogP contribution in [0.4, 0.5) is 4.79 Å². The van der Waals surface area contributed by atoms with Crippen LogP contribution in [0.5, 0.6) is 0 Å². The molecule has 1 aliphatic heterocycles. The molecule has 3 unspecified atom stereocenters. The summed E-state index contributed by atoms with van der Waals surface area (Å²) in [6.07, 6.45) is 8.44. The number of carbonyl (C=O) groups excluding carboxylic acids is 2. The Morgan fingerprint density at radius 3 is 2.60 bits per heavy atom. The van der Waals surface area contributed by atoms with E-state index < -0.39 is 0 Å². The number of halogens is 1. The second-order valence-corrected chi connectivity index (χ2v) is 10.5. The van der Waals surface area contributed by atoms with Gasteiger partial charge in [-0.2, -0.15) is 0 Å². The molecule has 2 amide bonds. The molecule has 6 heteroatoms. The van der Waals surface area contributed by atoms with Crippen molar-refractivity contribution in [1.29, 1.82) is 0 Å². The second kappa shape index (κ2) is 6.43. The van der Waals surface area contributed by atoms with Gasteiger partial charge >= 0.3 is 6.09 Å². The molecule has 4 saturated carbocycles. The second-order valence-electron chi connectivity index (χ2n) is 8.85. The van der Waals surface area contributed by atoms with Gasteiger partial charge in [0.1, 0.15) is 0 Å². The van der Waals surface area contributed by atoms with Crippen molar-refractivity contribution < 1.29 is 14.3 Å². The van der Waals surface area contributed by atoms with Gasteiger partial charge in [-0.1, -0.05) is 15.9 Å². The number of alkyl carbamates (subject to hydrolysis) is 1. The van der Waals surface area contributed by atoms with Crippen LogP contribution >= 0.6 is 15.9 Å². The molecule has 5 rings (SSSR count). The minimum absolute atomic E-state index is 0.0172. The molecule has 5 aliphatic rings. The molecule has 0 aromatic heterocycles. The summed E-state index contributed by atoms with van der Waals surface area (Å²) in [5, 5.41) is 2.92. The van der Waals surface area contributed by atoms with Crippen molar-refractivity contribution in [1.82, 2.24) is 10.2 Å². The summed E-state index contributed by atoms with van der Waals surface area (Å²) < 4.78 is 5.19. The molecule has 4 bridgehead atoms. The van der Waals surface area contributed by atoms with E-state index in [2.05, 4.69) is 21.2 Å². The van der Waals surface area contributed by atoms with Gasteiger partial charge in [-0.3, -0.25) is 4.79 Å². The molecule has 4 aliphatic carbocycles. The third-order valence-electron chi connectivity index (χ3n) is 6.75. The Morgan fingerprint density at radius 2 is 1.96 bits per heavy atom. The first-order chi connectivity index (χ1) is 11.9. The molecule has 1 saturated heterocycles. The minimum atomic E-state index is -0.365. The van der Waals surface area contributed by atoms with Gasteiger partial charge in [-0.05, 0) is 70.1 Å². The van der Waals surface area contributed by atoms with Crippen LogP contribution in [0.3, 0.4) is 0 Å². The van der Waals surface area contributed by atoms with Crippen LogP contribution in [0.25, 0.3) is 0 Å². The van der Waals surface area contributed by atoms with E-state index in [1.807, 2.05) is 4.90 Å². The summed E-state index contributed by atoms with van der Waals surface area (Å²) >= 11 is 4.00. The third kappa shape index (κ3) is 3.31. The highest BCUT2D eigenvalue weighted by atomic mass is 79.9. The standard InChI is InChI=1S/C19H29BrN2O3/c1-2-25-17(24)21-15-4-3-5-22(11-15)16(23)18-7-13-6-14(8-18)10-19(20,9-13)12-18/h13-15H,2-12H2,1H3,(H,21,24). The summed E-state index contributed by atoms with van der Waals surface area (Å²) in [4.78, 5) is 27.3. The number of likely N-dealkylation sites (tertiary alicyclic amines) is 1. The Morgan fingerprint density at radius 1 is 1.24 bits per heavy atom. The smallest absolute Gasteiger partial charge is 0.407 e. The normalized spacial score (nSPS) is 42.3. The van der Waals surface area contributed by atoms with Crippen LogP contribution in [0, 0.1) is 17.3 Å². The van der Waals surface area contributed by atoms with Crippen molar-refractivity contribution in [3.05, 3.63) is 0 Å². The van der Waals surface area contributed by atoms with Gasteiger partial charge in [-0.15, -0.1) is 0 Å². The fraction of sp³-hybridized carbons (Fsp3) is 0.895. The van der Waals surface area contributed by atoms with Gasteiger partial charge in [0, 0.05) is 23.5 Å². The highest BCUT2D eigenvalue weighted by Crippen LogP contribution is 2.64. The zero-order valence-corrected chi connectivity index (χ0v) is 16.6. The molecule has 5 nitrogen and oxygen atoms in total. The minimum Gasteiger partial charge on any atom is -0.450 e. The Bertz CT molecular complexity index is 553. The summed E-state index contributed by atoms with van der Waals surface area (Å²) in [7, 11) is 0. The molecule has 140 valence electrons. The highest BCUT2D eigenvalue weighted by molar-refractivity contribution is 9.10. The number of nitrogens with one attached hydrogen (secondary N) is 1. The summed E-state index contributed by atoms with van der Waals surface area (Å²) in [6.45, 7) is 3.63. The number of nitrogens with zero attached hydrogens (tertiary/aromatic N) is 1. The fourth-order valence-corrected chi connectivity index (χ4v) is 7.81. The zero-order valence-electron chi connectivity index (χ0n) is 15.1. The first-order valence-corrected chi connectivity index (χ1v) is 10.6. The molecule has 0 radical (unpaired) electrons. The lowest BCUT2D eigenvalue weighted by molar-refractivity contribution is -0.156. The van der Waals surface area contributed by atoms with Crippen molar-refractivity contribution in [3.63, 3.8) is 0 Å². The van der Waals surface area contributed by atoms with Crippen LogP contribution in [0.1, 0.15) is 58.3 Å². The average Bonchev–Trinajstić information content (AvgIpc) is 2.52. The van der Waals surface area contributed by atoms with E-state index in [1.165, 1.54) is 19.3 Å². The maximum atomic E-state index is 13.5. The van der Waals surface area contributed by atoms with Gasteiger partial charge in [0.15, 0.2) is 0 Å². The monoisotopic (exact) mass is 412 g/mol. The van der Waals surface area contributed by atoms with E-state index in [0.717, 1.165) is 38.6 Å². The van der Waals surface area contributed by atoms with E-state index >= 15 is 0 Å². The summed E-state index contributed by atoms with van der Waals surface area (Å²) in [5.41, 5.74) is -0.153. The molecule has 0 aromatic rings. The first kappa shape index (κ1) is 17.6. The number of hydrogen-bond acceptors (Lipinski definition) is 3. The predicted molar refractivity (Wildman–Crippen MR) is 98.5 cm³/mol. The number of ether oxygens (including phenoxy) is 1. The van der Waals surface area contributed by atoms with E-state index in [9.17, 15) is 9.59 Å². The molecule has 1 heterocycles. The first-order valence-electron chi connectivity index (χ1n) is 9.83. The maximum Gasteiger partial charge on any atom is 0.407 e. The van der Waals surface area contributed by atoms with E-state index in [-0.39, 0.29) is 21.9 Å². The largest absolute Gasteiger partial charge is 0.450 e. The van der Waals surface area contributed by atoms with Gasteiger partial charge in [0.05, 0.1) is 12.0 Å². The highest BCUT2D eigenvalue weighted by Gasteiger charge is 2.60. The maximum absolute atomic E-state index is 13.5. The van der Waals surface area contributed by atoms with Crippen molar-refractivity contribution in [2.75, 3.05) is 19.7 Å². The van der Waals surface area contributed by atoms with Crippen molar-refractivity contribution in [2.45, 2.75) is 68.7 Å². The van der Waals surface area contributed by atoms with E-state index in [1.54, 1.807) is 6.92 Å². The number of carbonyl (C=O) groups is 2. The Labute approximate surface area is 158 Å². The van der Waals surface area contributed by atoms with Crippen LogP contribution in [0.15, 0.2) is 0 Å². The Kier molecular flexibility index (Phi) is 4.53. The van der Waals surface area contributed by atoms with Crippen LogP contribution in [-0.4, -0.2) is 47.0 Å². The SMILES string of the molecule is CCOC(=O)NC1CCCN(C(=O)C23CC4CC(CC(Br)(C4)C2)C3)C1. The number of amides is 2. The van der Waals surface area contributed by atoms with Gasteiger partial charge < -0.3 is 15.0 Å². The van der Waals surface area contributed by atoms with Crippen LogP contribution in [-0.2, 0) is 9.53 Å². The van der Waals surface area contributed by atoms with Crippen LogP contribution < -0.4 is 5.32 Å². The quantitative estimate of drug-likeness (QED) is 0.721. The fourth-order valence-electron chi connectivity index (χ4n) is 6.36. The van der Waals surface area contributed by atoms with E-state index in [0.29, 0.717) is 30.9 Å². The molecule has 3 atom stereocenters. The Hall–Kier alpha value is -0.780. The third-order valence-corrected chi connectivity index (χ3v) is 7.68. The van der Waals surface area contributed by atoms with Gasteiger partial charge in [-0.25, -0.2) is 4.79 Å². The van der Waals surface area contributed by atoms with Gasteiger partial charge in [0.2, 0.25) is 5.91 Å². The molecule has 5 fully saturated rings. The molecule has 25 heavy (non-hydrogen) atoms. The van der Waals surface area contributed by atoms with Crippen molar-refractivity contribution in [3.8, 4) is 0 Å².